The third-order valence-corrected chi connectivity index (χ3v) is 3.89. The normalized spacial score (nSPS) is 19.9. The van der Waals surface area contributed by atoms with Crippen molar-refractivity contribution in [3.63, 3.8) is 0 Å². The summed E-state index contributed by atoms with van der Waals surface area (Å²) >= 11 is 0. The number of anilines is 1. The molecule has 1 fully saturated rings. The minimum absolute atomic E-state index is 0.470. The molecule has 1 heterocycles. The van der Waals surface area contributed by atoms with E-state index in [-0.39, 0.29) is 0 Å². The lowest BCUT2D eigenvalue weighted by Gasteiger charge is -2.38. The Hall–Kier alpha value is -1.06. The minimum atomic E-state index is 0.470. The van der Waals surface area contributed by atoms with Gasteiger partial charge in [-0.05, 0) is 37.6 Å². The molecule has 0 saturated carbocycles. The Morgan fingerprint density at radius 3 is 2.56 bits per heavy atom. The fraction of sp³-hybridized carbons (Fsp3) is 0.600. The van der Waals surface area contributed by atoms with E-state index in [9.17, 15) is 0 Å². The summed E-state index contributed by atoms with van der Waals surface area (Å²) in [6, 6.07) is 8.75. The van der Waals surface area contributed by atoms with Crippen molar-refractivity contribution in [2.24, 2.45) is 0 Å². The van der Waals surface area contributed by atoms with Crippen molar-refractivity contribution >= 4 is 5.69 Å². The van der Waals surface area contributed by atoms with E-state index in [1.807, 2.05) is 6.07 Å². The van der Waals surface area contributed by atoms with Crippen molar-refractivity contribution in [3.05, 3.63) is 29.8 Å². The van der Waals surface area contributed by atoms with E-state index in [4.69, 9.17) is 5.73 Å². The number of hydrogen-bond acceptors (Lipinski definition) is 3. The average Bonchev–Trinajstić information content (AvgIpc) is 2.39. The van der Waals surface area contributed by atoms with Gasteiger partial charge in [0.1, 0.15) is 0 Å². The third kappa shape index (κ3) is 3.24. The Morgan fingerprint density at radius 2 is 1.94 bits per heavy atom. The lowest BCUT2D eigenvalue weighted by atomic mass is 10.1. The molecule has 1 aromatic carbocycles. The van der Waals surface area contributed by atoms with Gasteiger partial charge in [0.25, 0.3) is 0 Å². The van der Waals surface area contributed by atoms with Crippen LogP contribution in [0.25, 0.3) is 0 Å². The van der Waals surface area contributed by atoms with Crippen LogP contribution in [-0.2, 0) is 0 Å². The lowest BCUT2D eigenvalue weighted by Crippen LogP contribution is -2.47. The Bertz CT molecular complexity index is 370. The number of nitrogen functional groups attached to an aromatic ring is 1. The molecule has 0 amide bonds. The highest BCUT2D eigenvalue weighted by Gasteiger charge is 2.21. The van der Waals surface area contributed by atoms with Crippen LogP contribution < -0.4 is 5.73 Å². The first kappa shape index (κ1) is 13.4. The summed E-state index contributed by atoms with van der Waals surface area (Å²) in [6.07, 6.45) is 1.25. The van der Waals surface area contributed by atoms with Gasteiger partial charge in [-0.15, -0.1) is 0 Å². The molecule has 0 aromatic heterocycles. The van der Waals surface area contributed by atoms with Gasteiger partial charge in [0.2, 0.25) is 0 Å². The van der Waals surface area contributed by atoms with Gasteiger partial charge >= 0.3 is 0 Å². The van der Waals surface area contributed by atoms with E-state index in [0.717, 1.165) is 18.8 Å². The molecule has 0 spiro atoms. The number of rotatable bonds is 4. The molecule has 0 bridgehead atoms. The molecule has 100 valence electrons. The Labute approximate surface area is 111 Å². The predicted molar refractivity (Wildman–Crippen MR) is 77.6 cm³/mol. The average molecular weight is 247 g/mol. The van der Waals surface area contributed by atoms with E-state index < -0.39 is 0 Å². The van der Waals surface area contributed by atoms with Crippen molar-refractivity contribution in [1.29, 1.82) is 0 Å². The van der Waals surface area contributed by atoms with E-state index in [2.05, 4.69) is 41.8 Å². The maximum absolute atomic E-state index is 5.86. The second kappa shape index (κ2) is 6.21. The van der Waals surface area contributed by atoms with Crippen molar-refractivity contribution in [1.82, 2.24) is 9.80 Å². The summed E-state index contributed by atoms with van der Waals surface area (Å²) in [5, 5.41) is 0. The van der Waals surface area contributed by atoms with Gasteiger partial charge < -0.3 is 10.6 Å². The summed E-state index contributed by atoms with van der Waals surface area (Å²) in [4.78, 5) is 5.11. The number of nitrogens with two attached hydrogens (primary N) is 1. The number of benzene rings is 1. The largest absolute Gasteiger partial charge is 0.399 e. The second-order valence-corrected chi connectivity index (χ2v) is 5.22. The van der Waals surface area contributed by atoms with Crippen LogP contribution in [-0.4, -0.2) is 42.5 Å². The fourth-order valence-corrected chi connectivity index (χ4v) is 2.72. The summed E-state index contributed by atoms with van der Waals surface area (Å²) < 4.78 is 0. The van der Waals surface area contributed by atoms with Gasteiger partial charge in [-0.25, -0.2) is 0 Å². The van der Waals surface area contributed by atoms with Crippen LogP contribution >= 0.6 is 0 Å². The van der Waals surface area contributed by atoms with Crippen molar-refractivity contribution in [2.45, 2.75) is 26.3 Å². The van der Waals surface area contributed by atoms with Crippen LogP contribution in [0.3, 0.4) is 0 Å². The summed E-state index contributed by atoms with van der Waals surface area (Å²) in [7, 11) is 0. The van der Waals surface area contributed by atoms with Gasteiger partial charge in [0.05, 0.1) is 0 Å². The number of nitrogens with zero attached hydrogens (tertiary/aromatic N) is 2. The molecule has 3 heteroatoms. The summed E-state index contributed by atoms with van der Waals surface area (Å²) in [5.74, 6) is 0. The molecule has 1 aliphatic rings. The molecule has 0 radical (unpaired) electrons. The molecule has 2 rings (SSSR count). The first-order valence-corrected chi connectivity index (χ1v) is 7.02. The molecule has 1 aliphatic heterocycles. The Morgan fingerprint density at radius 1 is 1.22 bits per heavy atom. The van der Waals surface area contributed by atoms with Crippen molar-refractivity contribution in [2.75, 3.05) is 38.5 Å². The van der Waals surface area contributed by atoms with E-state index in [1.54, 1.807) is 0 Å². The summed E-state index contributed by atoms with van der Waals surface area (Å²) in [6.45, 7) is 10.5. The molecule has 18 heavy (non-hydrogen) atoms. The fourth-order valence-electron chi connectivity index (χ4n) is 2.72. The second-order valence-electron chi connectivity index (χ2n) is 5.22. The predicted octanol–water partition coefficient (Wildman–Crippen LogP) is 2.36. The zero-order valence-electron chi connectivity index (χ0n) is 11.6. The van der Waals surface area contributed by atoms with Gasteiger partial charge in [0.15, 0.2) is 0 Å². The molecule has 1 saturated heterocycles. The highest BCUT2D eigenvalue weighted by molar-refractivity contribution is 5.41. The number of hydrogen-bond donors (Lipinski definition) is 1. The first-order chi connectivity index (χ1) is 8.70. The first-order valence-electron chi connectivity index (χ1n) is 7.02. The Balaban J connectivity index is 1.93. The number of piperazine rings is 1. The third-order valence-electron chi connectivity index (χ3n) is 3.89. The van der Waals surface area contributed by atoms with Crippen LogP contribution in [0.2, 0.25) is 0 Å². The standard InChI is InChI=1S/C15H25N3/c1-3-7-17-8-10-18(11-9-17)13(2)14-5-4-6-15(16)12-14/h4-6,12-13H,3,7-11,16H2,1-2H3. The molecule has 1 aromatic rings. The van der Waals surface area contributed by atoms with Gasteiger partial charge in [-0.1, -0.05) is 19.1 Å². The molecule has 2 N–H and O–H groups in total. The molecule has 1 unspecified atom stereocenters. The zero-order valence-corrected chi connectivity index (χ0v) is 11.6. The quantitative estimate of drug-likeness (QED) is 0.829. The van der Waals surface area contributed by atoms with E-state index >= 15 is 0 Å². The maximum Gasteiger partial charge on any atom is 0.0321 e. The monoisotopic (exact) mass is 247 g/mol. The molecular formula is C15H25N3. The van der Waals surface area contributed by atoms with Crippen molar-refractivity contribution in [3.8, 4) is 0 Å². The molecule has 0 aliphatic carbocycles. The molecule has 1 atom stereocenters. The zero-order chi connectivity index (χ0) is 13.0. The van der Waals surface area contributed by atoms with Crippen LogP contribution in [0.4, 0.5) is 5.69 Å². The summed E-state index contributed by atoms with van der Waals surface area (Å²) in [5.41, 5.74) is 8.06. The van der Waals surface area contributed by atoms with Crippen LogP contribution in [0.5, 0.6) is 0 Å². The Kier molecular flexibility index (Phi) is 4.61. The minimum Gasteiger partial charge on any atom is -0.399 e. The van der Waals surface area contributed by atoms with Crippen molar-refractivity contribution < 1.29 is 0 Å². The van der Waals surface area contributed by atoms with Crippen LogP contribution in [0.15, 0.2) is 24.3 Å². The molecule has 3 nitrogen and oxygen atoms in total. The highest BCUT2D eigenvalue weighted by atomic mass is 15.3. The lowest BCUT2D eigenvalue weighted by molar-refractivity contribution is 0.102. The van der Waals surface area contributed by atoms with Crippen LogP contribution in [0.1, 0.15) is 31.9 Å². The topological polar surface area (TPSA) is 32.5 Å². The van der Waals surface area contributed by atoms with Gasteiger partial charge in [0, 0.05) is 37.9 Å². The maximum atomic E-state index is 5.86. The molecular weight excluding hydrogens is 222 g/mol. The van der Waals surface area contributed by atoms with E-state index in [1.165, 1.54) is 31.6 Å². The highest BCUT2D eigenvalue weighted by Crippen LogP contribution is 2.23. The van der Waals surface area contributed by atoms with E-state index in [0.29, 0.717) is 6.04 Å². The smallest absolute Gasteiger partial charge is 0.0321 e. The SMILES string of the molecule is CCCN1CCN(C(C)c2cccc(N)c2)CC1. The van der Waals surface area contributed by atoms with Gasteiger partial charge in [-0.3, -0.25) is 4.90 Å². The van der Waals surface area contributed by atoms with Gasteiger partial charge in [-0.2, -0.15) is 0 Å². The van der Waals surface area contributed by atoms with Crippen LogP contribution in [0, 0.1) is 0 Å².